The number of nitrogens with one attached hydrogen (secondary N) is 1. The maximum atomic E-state index is 3.36. The van der Waals surface area contributed by atoms with E-state index in [1.807, 2.05) is 24.5 Å². The molecule has 0 amide bonds. The van der Waals surface area contributed by atoms with E-state index < -0.39 is 0 Å². The fourth-order valence-electron chi connectivity index (χ4n) is 0.496. The second kappa shape index (κ2) is 2.75. The molecule has 0 bridgehead atoms. The summed E-state index contributed by atoms with van der Waals surface area (Å²) in [6, 6.07) is 0. The minimum atomic E-state index is 1.03. The zero-order chi connectivity index (χ0) is 6.85. The number of rotatable bonds is 0. The average Bonchev–Trinajstić information content (AvgIpc) is 1.80. The SMILES string of the molecule is CN1C=C(Br)C(Br)=CN1. The molecule has 4 heteroatoms. The maximum absolute atomic E-state index is 3.36. The Bertz CT molecular complexity index is 174. The Morgan fingerprint density at radius 1 is 1.44 bits per heavy atom. The van der Waals surface area contributed by atoms with Crippen molar-refractivity contribution >= 4 is 31.9 Å². The van der Waals surface area contributed by atoms with Crippen molar-refractivity contribution in [1.82, 2.24) is 10.4 Å². The third kappa shape index (κ3) is 1.72. The first-order valence-electron chi connectivity index (χ1n) is 2.42. The van der Waals surface area contributed by atoms with E-state index >= 15 is 0 Å². The summed E-state index contributed by atoms with van der Waals surface area (Å²) in [5, 5.41) is 1.86. The first-order chi connectivity index (χ1) is 4.20. The predicted molar refractivity (Wildman–Crippen MR) is 44.9 cm³/mol. The second-order valence-electron chi connectivity index (χ2n) is 1.71. The van der Waals surface area contributed by atoms with Gasteiger partial charge in [0.2, 0.25) is 0 Å². The summed E-state index contributed by atoms with van der Waals surface area (Å²) in [4.78, 5) is 0. The van der Waals surface area contributed by atoms with Crippen molar-refractivity contribution in [1.29, 1.82) is 0 Å². The van der Waals surface area contributed by atoms with Gasteiger partial charge >= 0.3 is 0 Å². The Balaban J connectivity index is 2.75. The molecule has 1 N–H and O–H groups in total. The molecule has 0 atom stereocenters. The standard InChI is InChI=1S/C5H6Br2N2/c1-9-3-5(7)4(6)2-8-9/h2-3,8H,1H3. The van der Waals surface area contributed by atoms with Crippen LogP contribution < -0.4 is 5.43 Å². The molecule has 1 aliphatic heterocycles. The first kappa shape index (κ1) is 7.15. The summed E-state index contributed by atoms with van der Waals surface area (Å²) in [6.45, 7) is 0. The van der Waals surface area contributed by atoms with E-state index in [4.69, 9.17) is 0 Å². The molecule has 9 heavy (non-hydrogen) atoms. The van der Waals surface area contributed by atoms with E-state index in [9.17, 15) is 0 Å². The molecular formula is C5H6Br2N2. The minimum absolute atomic E-state index is 1.03. The third-order valence-corrected chi connectivity index (χ3v) is 2.75. The highest BCUT2D eigenvalue weighted by molar-refractivity contribution is 9.15. The van der Waals surface area contributed by atoms with Crippen molar-refractivity contribution in [3.8, 4) is 0 Å². The molecule has 1 heterocycles. The van der Waals surface area contributed by atoms with Gasteiger partial charge in [0.15, 0.2) is 0 Å². The van der Waals surface area contributed by atoms with Gasteiger partial charge in [-0.2, -0.15) is 0 Å². The van der Waals surface area contributed by atoms with Crippen LogP contribution in [0.5, 0.6) is 0 Å². The molecule has 0 spiro atoms. The number of halogens is 2. The Morgan fingerprint density at radius 2 is 2.11 bits per heavy atom. The minimum Gasteiger partial charge on any atom is -0.305 e. The van der Waals surface area contributed by atoms with Crippen LogP contribution in [0.25, 0.3) is 0 Å². The van der Waals surface area contributed by atoms with Crippen LogP contribution in [0, 0.1) is 0 Å². The summed E-state index contributed by atoms with van der Waals surface area (Å²) in [6.07, 6.45) is 3.80. The number of hydrazine groups is 1. The highest BCUT2D eigenvalue weighted by Crippen LogP contribution is 2.24. The average molecular weight is 254 g/mol. The van der Waals surface area contributed by atoms with Crippen LogP contribution in [0.4, 0.5) is 0 Å². The molecule has 0 aromatic rings. The summed E-state index contributed by atoms with van der Waals surface area (Å²) < 4.78 is 2.07. The fraction of sp³-hybridized carbons (Fsp3) is 0.200. The van der Waals surface area contributed by atoms with Crippen LogP contribution in [-0.2, 0) is 0 Å². The van der Waals surface area contributed by atoms with Crippen molar-refractivity contribution < 1.29 is 0 Å². The van der Waals surface area contributed by atoms with Crippen LogP contribution in [0.1, 0.15) is 0 Å². The molecule has 0 saturated carbocycles. The van der Waals surface area contributed by atoms with Gasteiger partial charge in [-0.3, -0.25) is 5.01 Å². The summed E-state index contributed by atoms with van der Waals surface area (Å²) in [5.74, 6) is 0. The predicted octanol–water partition coefficient (Wildman–Crippen LogP) is 1.91. The fourth-order valence-corrected chi connectivity index (χ4v) is 1.12. The van der Waals surface area contributed by atoms with Crippen molar-refractivity contribution in [2.24, 2.45) is 0 Å². The summed E-state index contributed by atoms with van der Waals surface area (Å²) >= 11 is 6.70. The molecule has 0 aromatic heterocycles. The normalized spacial score (nSPS) is 18.3. The van der Waals surface area contributed by atoms with Crippen LogP contribution in [0.2, 0.25) is 0 Å². The number of hydrogen-bond acceptors (Lipinski definition) is 2. The maximum Gasteiger partial charge on any atom is 0.0510 e. The van der Waals surface area contributed by atoms with Crippen LogP contribution >= 0.6 is 31.9 Å². The molecule has 1 rings (SSSR count). The molecular weight excluding hydrogens is 248 g/mol. The van der Waals surface area contributed by atoms with Gasteiger partial charge in [-0.05, 0) is 31.9 Å². The monoisotopic (exact) mass is 252 g/mol. The quantitative estimate of drug-likeness (QED) is 0.710. The molecule has 0 aliphatic carbocycles. The summed E-state index contributed by atoms with van der Waals surface area (Å²) in [5.41, 5.74) is 2.98. The molecule has 0 fully saturated rings. The summed E-state index contributed by atoms with van der Waals surface area (Å²) in [7, 11) is 1.93. The first-order valence-corrected chi connectivity index (χ1v) is 4.01. The Labute approximate surface area is 70.8 Å². The van der Waals surface area contributed by atoms with Gasteiger partial charge in [0.1, 0.15) is 0 Å². The van der Waals surface area contributed by atoms with Gasteiger partial charge in [0.25, 0.3) is 0 Å². The van der Waals surface area contributed by atoms with Gasteiger partial charge in [0.05, 0.1) is 8.96 Å². The van der Waals surface area contributed by atoms with Gasteiger partial charge in [-0.15, -0.1) is 0 Å². The Morgan fingerprint density at radius 3 is 2.56 bits per heavy atom. The van der Waals surface area contributed by atoms with Gasteiger partial charge in [-0.1, -0.05) is 0 Å². The molecule has 2 nitrogen and oxygen atoms in total. The molecule has 50 valence electrons. The smallest absolute Gasteiger partial charge is 0.0510 e. The number of hydrogen-bond donors (Lipinski definition) is 1. The van der Waals surface area contributed by atoms with Crippen molar-refractivity contribution in [2.45, 2.75) is 0 Å². The van der Waals surface area contributed by atoms with E-state index in [0.717, 1.165) is 8.96 Å². The Kier molecular flexibility index (Phi) is 2.18. The zero-order valence-corrected chi connectivity index (χ0v) is 8.03. The topological polar surface area (TPSA) is 15.3 Å². The third-order valence-electron chi connectivity index (χ3n) is 0.930. The molecule has 0 radical (unpaired) electrons. The molecule has 0 saturated heterocycles. The zero-order valence-electron chi connectivity index (χ0n) is 4.86. The lowest BCUT2D eigenvalue weighted by Gasteiger charge is -2.19. The van der Waals surface area contributed by atoms with E-state index in [0.29, 0.717) is 0 Å². The van der Waals surface area contributed by atoms with Crippen LogP contribution in [0.15, 0.2) is 21.4 Å². The number of nitrogens with zero attached hydrogens (tertiary/aromatic N) is 1. The Hall–Kier alpha value is 0.0400. The van der Waals surface area contributed by atoms with Gasteiger partial charge in [0, 0.05) is 19.4 Å². The van der Waals surface area contributed by atoms with E-state index in [2.05, 4.69) is 37.3 Å². The molecule has 1 aliphatic rings. The van der Waals surface area contributed by atoms with Crippen LogP contribution in [0.3, 0.4) is 0 Å². The highest BCUT2D eigenvalue weighted by Gasteiger charge is 2.03. The lowest BCUT2D eigenvalue weighted by atomic mass is 10.5. The molecule has 0 aromatic carbocycles. The second-order valence-corrected chi connectivity index (χ2v) is 3.42. The van der Waals surface area contributed by atoms with E-state index in [1.165, 1.54) is 0 Å². The van der Waals surface area contributed by atoms with Crippen LogP contribution in [-0.4, -0.2) is 12.1 Å². The van der Waals surface area contributed by atoms with Gasteiger partial charge < -0.3 is 5.43 Å². The van der Waals surface area contributed by atoms with Crippen molar-refractivity contribution in [3.05, 3.63) is 21.4 Å². The van der Waals surface area contributed by atoms with E-state index in [-0.39, 0.29) is 0 Å². The van der Waals surface area contributed by atoms with Crippen molar-refractivity contribution in [2.75, 3.05) is 7.05 Å². The highest BCUT2D eigenvalue weighted by atomic mass is 79.9. The molecule has 0 unspecified atom stereocenters. The lowest BCUT2D eigenvalue weighted by molar-refractivity contribution is 0.381. The largest absolute Gasteiger partial charge is 0.305 e. The van der Waals surface area contributed by atoms with E-state index in [1.54, 1.807) is 0 Å². The van der Waals surface area contributed by atoms with Gasteiger partial charge in [-0.25, -0.2) is 0 Å². The van der Waals surface area contributed by atoms with Crippen molar-refractivity contribution in [3.63, 3.8) is 0 Å². The lowest BCUT2D eigenvalue weighted by Crippen LogP contribution is -2.27. The number of allylic oxidation sites excluding steroid dienone is 2.